The molecule has 0 spiro atoms. The molecule has 0 fully saturated rings. The molecule has 0 aliphatic carbocycles. The molecule has 0 saturated carbocycles. The molecule has 3 N–H and O–H groups in total. The number of rotatable bonds is 3. The number of nitrogens with zero attached hydrogens (tertiary/aromatic N) is 1. The summed E-state index contributed by atoms with van der Waals surface area (Å²) in [6, 6.07) is 0. The van der Waals surface area contributed by atoms with Crippen molar-refractivity contribution >= 4 is 14.2 Å². The van der Waals surface area contributed by atoms with Gasteiger partial charge in [-0.2, -0.15) is 0 Å². The van der Waals surface area contributed by atoms with Gasteiger partial charge in [-0.05, 0) is 0 Å². The molecule has 0 aliphatic heterocycles. The fraction of sp³-hybridized carbons (Fsp3) is 0.750. The van der Waals surface area contributed by atoms with E-state index < -0.39 is 14.2 Å². The predicted molar refractivity (Wildman–Crippen MR) is 41.5 cm³/mol. The maximum atomic E-state index is 9.00. The zero-order valence-corrected chi connectivity index (χ0v) is 6.75. The number of nitriles is 1. The summed E-state index contributed by atoms with van der Waals surface area (Å²) in [6.45, 7) is 1.15. The van der Waals surface area contributed by atoms with E-state index in [4.69, 9.17) is 19.9 Å². The van der Waals surface area contributed by atoms with Crippen molar-refractivity contribution in [2.75, 3.05) is 6.16 Å². The Morgan fingerprint density at radius 3 is 2.30 bits per heavy atom. The van der Waals surface area contributed by atoms with Crippen molar-refractivity contribution in [3.8, 4) is 5.97 Å². The second-order valence-electron chi connectivity index (χ2n) is 2.38. The van der Waals surface area contributed by atoms with Crippen LogP contribution in [0.3, 0.4) is 0 Å². The van der Waals surface area contributed by atoms with Crippen LogP contribution in [0.15, 0.2) is 0 Å². The Balaban J connectivity index is 4.14. The average molecular weight is 163 g/mol. The SMILES string of the molecule is CCCP(O)(O)(O)BC#N. The van der Waals surface area contributed by atoms with E-state index in [1.165, 1.54) is 0 Å². The molecule has 0 saturated heterocycles. The van der Waals surface area contributed by atoms with Crippen LogP contribution in [-0.4, -0.2) is 27.8 Å². The van der Waals surface area contributed by atoms with Crippen LogP contribution in [0.4, 0.5) is 0 Å². The molecule has 0 rings (SSSR count). The van der Waals surface area contributed by atoms with Crippen LogP contribution in [0.2, 0.25) is 0 Å². The summed E-state index contributed by atoms with van der Waals surface area (Å²) in [5.41, 5.74) is 0. The molecule has 0 aliphatic rings. The van der Waals surface area contributed by atoms with Gasteiger partial charge in [0.2, 0.25) is 0 Å². The maximum absolute atomic E-state index is 9.00. The van der Waals surface area contributed by atoms with Gasteiger partial charge in [-0.15, -0.1) is 0 Å². The molecule has 10 heavy (non-hydrogen) atoms. The van der Waals surface area contributed by atoms with Gasteiger partial charge in [0.1, 0.15) is 0 Å². The summed E-state index contributed by atoms with van der Waals surface area (Å²) >= 11 is 0. The summed E-state index contributed by atoms with van der Waals surface area (Å²) in [5.74, 6) is 1.54. The molecule has 0 heterocycles. The molecule has 0 amide bonds. The Kier molecular flexibility index (Phi) is 2.81. The Labute approximate surface area is 60.5 Å². The molecule has 4 nitrogen and oxygen atoms in total. The molecular weight excluding hydrogens is 152 g/mol. The van der Waals surface area contributed by atoms with E-state index in [9.17, 15) is 0 Å². The standard InChI is InChI=1S/C4H11BNO3P/c1-2-3-10(7,8,9)5-4-6/h5,7-9H,2-3H2,1H3. The zero-order chi connectivity index (χ0) is 8.28. The fourth-order valence-electron chi connectivity index (χ4n) is 0.682. The third kappa shape index (κ3) is 3.81. The van der Waals surface area contributed by atoms with Crippen molar-refractivity contribution < 1.29 is 14.7 Å². The average Bonchev–Trinajstić information content (AvgIpc) is 1.61. The molecule has 0 atom stereocenters. The van der Waals surface area contributed by atoms with Crippen molar-refractivity contribution in [1.29, 1.82) is 5.26 Å². The molecular formula is C4H11BNO3P. The summed E-state index contributed by atoms with van der Waals surface area (Å²) < 4.78 is 0. The van der Waals surface area contributed by atoms with Crippen molar-refractivity contribution in [3.05, 3.63) is 0 Å². The minimum absolute atomic E-state index is 0.0842. The molecule has 6 heteroatoms. The first-order valence-electron chi connectivity index (χ1n) is 3.02. The van der Waals surface area contributed by atoms with Crippen LogP contribution >= 0.6 is 7.16 Å². The third-order valence-electron chi connectivity index (χ3n) is 1.08. The van der Waals surface area contributed by atoms with Gasteiger partial charge in [0, 0.05) is 0 Å². The van der Waals surface area contributed by atoms with E-state index in [2.05, 4.69) is 0 Å². The molecule has 0 radical (unpaired) electrons. The van der Waals surface area contributed by atoms with Crippen LogP contribution in [0.5, 0.6) is 0 Å². The summed E-state index contributed by atoms with van der Waals surface area (Å²) in [6.07, 6.45) is 0.377. The van der Waals surface area contributed by atoms with Gasteiger partial charge in [0.05, 0.1) is 0 Å². The number of hydrogen-bond acceptors (Lipinski definition) is 4. The summed E-state index contributed by atoms with van der Waals surface area (Å²) in [5, 5.41) is 8.10. The molecule has 0 aromatic carbocycles. The summed E-state index contributed by atoms with van der Waals surface area (Å²) in [7, 11) is -4.52. The third-order valence-corrected chi connectivity index (χ3v) is 3.23. The Bertz CT molecular complexity index is 158. The van der Waals surface area contributed by atoms with Gasteiger partial charge in [-0.25, -0.2) is 0 Å². The molecule has 58 valence electrons. The van der Waals surface area contributed by atoms with E-state index in [0.29, 0.717) is 6.42 Å². The van der Waals surface area contributed by atoms with Crippen molar-refractivity contribution in [2.45, 2.75) is 13.3 Å². The van der Waals surface area contributed by atoms with Crippen LogP contribution in [0, 0.1) is 11.2 Å². The second kappa shape index (κ2) is 2.85. The minimum atomic E-state index is -4.52. The quantitative estimate of drug-likeness (QED) is 0.386. The molecule has 0 aromatic rings. The van der Waals surface area contributed by atoms with E-state index in [1.54, 1.807) is 12.9 Å². The van der Waals surface area contributed by atoms with Crippen LogP contribution < -0.4 is 0 Å². The number of hydrogen-bond donors (Lipinski definition) is 3. The van der Waals surface area contributed by atoms with Crippen LogP contribution in [0.1, 0.15) is 13.3 Å². The van der Waals surface area contributed by atoms with Crippen molar-refractivity contribution in [1.82, 2.24) is 0 Å². The van der Waals surface area contributed by atoms with E-state index in [0.717, 1.165) is 0 Å². The molecule has 0 aromatic heterocycles. The van der Waals surface area contributed by atoms with E-state index in [-0.39, 0.29) is 6.16 Å². The van der Waals surface area contributed by atoms with E-state index in [1.807, 2.05) is 0 Å². The van der Waals surface area contributed by atoms with Gasteiger partial charge in [0.25, 0.3) is 0 Å². The Morgan fingerprint density at radius 2 is 2.00 bits per heavy atom. The zero-order valence-electron chi connectivity index (χ0n) is 5.86. The summed E-state index contributed by atoms with van der Waals surface area (Å²) in [4.78, 5) is 27.0. The van der Waals surface area contributed by atoms with Crippen LogP contribution in [-0.2, 0) is 0 Å². The molecule has 0 unspecified atom stereocenters. The first kappa shape index (κ1) is 9.86. The first-order valence-corrected chi connectivity index (χ1v) is 5.48. The monoisotopic (exact) mass is 163 g/mol. The predicted octanol–water partition coefficient (Wildman–Crippen LogP) is -0.496. The van der Waals surface area contributed by atoms with Gasteiger partial charge >= 0.3 is 59.6 Å². The normalized spacial score (nSPS) is 14.9. The van der Waals surface area contributed by atoms with Gasteiger partial charge < -0.3 is 0 Å². The Morgan fingerprint density at radius 1 is 1.50 bits per heavy atom. The van der Waals surface area contributed by atoms with Gasteiger partial charge in [0.15, 0.2) is 0 Å². The second-order valence-corrected chi connectivity index (χ2v) is 5.82. The van der Waals surface area contributed by atoms with Gasteiger partial charge in [-0.1, -0.05) is 0 Å². The Hall–Kier alpha value is -0.135. The van der Waals surface area contributed by atoms with E-state index >= 15 is 0 Å². The fourth-order valence-corrected chi connectivity index (χ4v) is 2.05. The van der Waals surface area contributed by atoms with Gasteiger partial charge in [-0.3, -0.25) is 0 Å². The van der Waals surface area contributed by atoms with Crippen molar-refractivity contribution in [2.24, 2.45) is 0 Å². The molecule has 0 bridgehead atoms. The first-order chi connectivity index (χ1) is 4.39. The van der Waals surface area contributed by atoms with Crippen LogP contribution in [0.25, 0.3) is 0 Å². The topological polar surface area (TPSA) is 84.5 Å². The van der Waals surface area contributed by atoms with Crippen molar-refractivity contribution in [3.63, 3.8) is 0 Å².